The van der Waals surface area contributed by atoms with E-state index in [4.69, 9.17) is 10.5 Å². The van der Waals surface area contributed by atoms with E-state index in [9.17, 15) is 14.4 Å². The first kappa shape index (κ1) is 32.5. The Morgan fingerprint density at radius 3 is 2.31 bits per heavy atom. The number of esters is 1. The first-order valence-electron chi connectivity index (χ1n) is 14.2. The minimum absolute atomic E-state index is 0.135. The maximum absolute atomic E-state index is 13.0. The van der Waals surface area contributed by atoms with Gasteiger partial charge in [-0.2, -0.15) is 0 Å². The molecule has 2 amide bonds. The van der Waals surface area contributed by atoms with Crippen LogP contribution in [-0.2, 0) is 27.2 Å². The molecule has 2 rings (SSSR count). The molecule has 0 saturated heterocycles. The predicted octanol–water partition coefficient (Wildman–Crippen LogP) is 5.62. The van der Waals surface area contributed by atoms with Crippen LogP contribution in [0.4, 0.5) is 0 Å². The summed E-state index contributed by atoms with van der Waals surface area (Å²) in [5, 5.41) is 5.92. The van der Waals surface area contributed by atoms with Gasteiger partial charge in [-0.05, 0) is 55.1 Å². The smallest absolute Gasteiger partial charge is 0.315 e. The fourth-order valence-corrected chi connectivity index (χ4v) is 4.64. The largest absolute Gasteiger partial charge is 0.426 e. The van der Waals surface area contributed by atoms with Crippen LogP contribution in [0.5, 0.6) is 5.75 Å². The summed E-state index contributed by atoms with van der Waals surface area (Å²) < 4.78 is 6.35. The summed E-state index contributed by atoms with van der Waals surface area (Å²) in [7, 11) is 0. The van der Waals surface area contributed by atoms with Gasteiger partial charge in [-0.15, -0.1) is 0 Å². The Morgan fingerprint density at radius 2 is 1.59 bits per heavy atom. The second-order valence-corrected chi connectivity index (χ2v) is 10.7. The van der Waals surface area contributed by atoms with Crippen molar-refractivity contribution in [3.8, 4) is 5.75 Å². The van der Waals surface area contributed by atoms with E-state index in [1.54, 1.807) is 12.1 Å². The molecule has 214 valence electrons. The van der Waals surface area contributed by atoms with Gasteiger partial charge in [0.25, 0.3) is 0 Å². The molecule has 7 nitrogen and oxygen atoms in total. The molecular formula is C31H44BrN3O4. The summed E-state index contributed by atoms with van der Waals surface area (Å²) in [5.41, 5.74) is 7.26. The highest BCUT2D eigenvalue weighted by atomic mass is 79.9. The SMILES string of the molecule is CCCCCCCCNC(=O)[C@H](Cc1ccc(OC(=O)Cc2ccccc2Br)cc1)NC(=O)CCCCCN. The van der Waals surface area contributed by atoms with Crippen molar-refractivity contribution in [1.82, 2.24) is 10.6 Å². The number of rotatable bonds is 19. The number of carbonyl (C=O) groups is 3. The summed E-state index contributed by atoms with van der Waals surface area (Å²) >= 11 is 3.45. The zero-order chi connectivity index (χ0) is 28.3. The van der Waals surface area contributed by atoms with Gasteiger partial charge in [0.05, 0.1) is 6.42 Å². The van der Waals surface area contributed by atoms with E-state index < -0.39 is 6.04 Å². The van der Waals surface area contributed by atoms with Gasteiger partial charge in [-0.3, -0.25) is 14.4 Å². The van der Waals surface area contributed by atoms with Crippen molar-refractivity contribution in [3.05, 3.63) is 64.1 Å². The number of halogens is 1. The molecule has 2 aromatic carbocycles. The standard InChI is InChI=1S/C31H44BrN3O4/c1-2-3-4-5-6-12-21-34-31(38)28(35-29(36)15-8-7-11-20-33)22-24-16-18-26(19-17-24)39-30(37)23-25-13-9-10-14-27(25)32/h9-10,13-14,16-19,28H,2-8,11-12,15,20-23,33H2,1H3,(H,34,38)(H,35,36)/t28-/m0/s1. The van der Waals surface area contributed by atoms with Crippen molar-refractivity contribution in [1.29, 1.82) is 0 Å². The monoisotopic (exact) mass is 601 g/mol. The lowest BCUT2D eigenvalue weighted by Gasteiger charge is -2.19. The lowest BCUT2D eigenvalue weighted by atomic mass is 10.0. The fraction of sp³-hybridized carbons (Fsp3) is 0.516. The van der Waals surface area contributed by atoms with E-state index in [-0.39, 0.29) is 24.2 Å². The van der Waals surface area contributed by atoms with E-state index in [0.29, 0.717) is 31.7 Å². The number of nitrogens with one attached hydrogen (secondary N) is 2. The van der Waals surface area contributed by atoms with Gasteiger partial charge in [0, 0.05) is 23.9 Å². The van der Waals surface area contributed by atoms with Crippen LogP contribution in [0.3, 0.4) is 0 Å². The van der Waals surface area contributed by atoms with Crippen molar-refractivity contribution in [2.75, 3.05) is 13.1 Å². The van der Waals surface area contributed by atoms with Gasteiger partial charge in [0.2, 0.25) is 11.8 Å². The van der Waals surface area contributed by atoms with Crippen molar-refractivity contribution >= 4 is 33.7 Å². The normalized spacial score (nSPS) is 11.6. The zero-order valence-corrected chi connectivity index (χ0v) is 24.8. The van der Waals surface area contributed by atoms with Gasteiger partial charge in [0.1, 0.15) is 11.8 Å². The molecule has 0 aliphatic rings. The van der Waals surface area contributed by atoms with Crippen LogP contribution in [-0.4, -0.2) is 36.9 Å². The molecule has 8 heteroatoms. The molecule has 0 aliphatic heterocycles. The third-order valence-corrected chi connectivity index (χ3v) is 7.25. The predicted molar refractivity (Wildman–Crippen MR) is 159 cm³/mol. The van der Waals surface area contributed by atoms with Crippen LogP contribution in [0.15, 0.2) is 53.0 Å². The van der Waals surface area contributed by atoms with Gasteiger partial charge >= 0.3 is 5.97 Å². The molecule has 4 N–H and O–H groups in total. The Kier molecular flexibility index (Phi) is 16.1. The molecule has 0 fully saturated rings. The molecule has 0 saturated carbocycles. The molecule has 2 aromatic rings. The number of nitrogens with two attached hydrogens (primary N) is 1. The number of benzene rings is 2. The quantitative estimate of drug-likeness (QED) is 0.110. The Hall–Kier alpha value is -2.71. The fourth-order valence-electron chi connectivity index (χ4n) is 4.22. The Balaban J connectivity index is 1.92. The number of amides is 2. The molecule has 0 bridgehead atoms. The van der Waals surface area contributed by atoms with E-state index >= 15 is 0 Å². The van der Waals surface area contributed by atoms with E-state index in [0.717, 1.165) is 47.7 Å². The highest BCUT2D eigenvalue weighted by Gasteiger charge is 2.21. The van der Waals surface area contributed by atoms with Gasteiger partial charge in [0.15, 0.2) is 0 Å². The van der Waals surface area contributed by atoms with Crippen LogP contribution in [0.1, 0.15) is 82.3 Å². The first-order chi connectivity index (χ1) is 18.9. The minimum atomic E-state index is -0.670. The van der Waals surface area contributed by atoms with E-state index in [1.165, 1.54) is 25.7 Å². The molecular weight excluding hydrogens is 558 g/mol. The highest BCUT2D eigenvalue weighted by molar-refractivity contribution is 9.10. The molecule has 0 radical (unpaired) electrons. The van der Waals surface area contributed by atoms with Crippen LogP contribution >= 0.6 is 15.9 Å². The second-order valence-electron chi connectivity index (χ2n) is 9.87. The molecule has 0 spiro atoms. The average molecular weight is 603 g/mol. The van der Waals surface area contributed by atoms with Crippen LogP contribution in [0, 0.1) is 0 Å². The van der Waals surface area contributed by atoms with Crippen molar-refractivity contribution in [2.24, 2.45) is 5.73 Å². The van der Waals surface area contributed by atoms with Gasteiger partial charge in [-0.1, -0.05) is 91.7 Å². The number of carbonyl (C=O) groups excluding carboxylic acids is 3. The summed E-state index contributed by atoms with van der Waals surface area (Å²) in [5.74, 6) is -0.237. The van der Waals surface area contributed by atoms with Crippen LogP contribution in [0.2, 0.25) is 0 Å². The molecule has 0 heterocycles. The summed E-state index contributed by atoms with van der Waals surface area (Å²) in [6.45, 7) is 3.40. The van der Waals surface area contributed by atoms with Crippen LogP contribution in [0.25, 0.3) is 0 Å². The summed E-state index contributed by atoms with van der Waals surface area (Å²) in [6.07, 6.45) is 10.2. The molecule has 39 heavy (non-hydrogen) atoms. The van der Waals surface area contributed by atoms with Crippen molar-refractivity contribution in [3.63, 3.8) is 0 Å². The maximum atomic E-state index is 13.0. The van der Waals surface area contributed by atoms with Gasteiger partial charge < -0.3 is 21.1 Å². The maximum Gasteiger partial charge on any atom is 0.315 e. The topological polar surface area (TPSA) is 111 Å². The number of ether oxygens (including phenoxy) is 1. The Bertz CT molecular complexity index is 1010. The van der Waals surface area contributed by atoms with E-state index in [2.05, 4.69) is 33.5 Å². The number of hydrogen-bond acceptors (Lipinski definition) is 5. The van der Waals surface area contributed by atoms with Crippen molar-refractivity contribution < 1.29 is 19.1 Å². The highest BCUT2D eigenvalue weighted by Crippen LogP contribution is 2.19. The molecule has 1 atom stereocenters. The molecule has 0 aromatic heterocycles. The molecule has 0 aliphatic carbocycles. The Labute approximate surface area is 241 Å². The number of unbranched alkanes of at least 4 members (excludes halogenated alkanes) is 7. The zero-order valence-electron chi connectivity index (χ0n) is 23.2. The Morgan fingerprint density at radius 1 is 0.897 bits per heavy atom. The average Bonchev–Trinajstić information content (AvgIpc) is 2.92. The summed E-state index contributed by atoms with van der Waals surface area (Å²) in [4.78, 5) is 37.9. The first-order valence-corrected chi connectivity index (χ1v) is 15.0. The molecule has 0 unspecified atom stereocenters. The van der Waals surface area contributed by atoms with E-state index in [1.807, 2.05) is 36.4 Å². The van der Waals surface area contributed by atoms with Gasteiger partial charge in [-0.25, -0.2) is 0 Å². The summed E-state index contributed by atoms with van der Waals surface area (Å²) in [6, 6.07) is 13.9. The second kappa shape index (κ2) is 19.4. The third-order valence-electron chi connectivity index (χ3n) is 6.48. The minimum Gasteiger partial charge on any atom is -0.426 e. The van der Waals surface area contributed by atoms with Crippen LogP contribution < -0.4 is 21.1 Å². The number of hydrogen-bond donors (Lipinski definition) is 3. The lowest BCUT2D eigenvalue weighted by Crippen LogP contribution is -2.48. The lowest BCUT2D eigenvalue weighted by molar-refractivity contribution is -0.133. The third kappa shape index (κ3) is 13.8. The van der Waals surface area contributed by atoms with Crippen molar-refractivity contribution in [2.45, 2.75) is 90.0 Å².